The number of aliphatic hydroxyl groups excluding tert-OH is 1. The van der Waals surface area contributed by atoms with Crippen molar-refractivity contribution >= 4 is 37.8 Å². The van der Waals surface area contributed by atoms with E-state index in [9.17, 15) is 4.79 Å². The maximum Gasteiger partial charge on any atom is 0.252 e. The molecule has 0 unspecified atom stereocenters. The number of benzene rings is 1. The van der Waals surface area contributed by atoms with Gasteiger partial charge in [0.2, 0.25) is 0 Å². The lowest BCUT2D eigenvalue weighted by Crippen LogP contribution is -2.39. The maximum absolute atomic E-state index is 11.9. The van der Waals surface area contributed by atoms with Gasteiger partial charge in [0.25, 0.3) is 5.91 Å². The first-order valence-corrected chi connectivity index (χ1v) is 6.53. The number of aliphatic hydroxyl groups is 1. The van der Waals surface area contributed by atoms with Gasteiger partial charge < -0.3 is 10.4 Å². The van der Waals surface area contributed by atoms with Crippen molar-refractivity contribution in [3.63, 3.8) is 0 Å². The van der Waals surface area contributed by atoms with E-state index in [4.69, 9.17) is 5.11 Å². The second kappa shape index (κ2) is 4.47. The number of rotatable bonds is 3. The van der Waals surface area contributed by atoms with Crippen LogP contribution in [-0.2, 0) is 0 Å². The van der Waals surface area contributed by atoms with Gasteiger partial charge in [-0.25, -0.2) is 0 Å². The lowest BCUT2D eigenvalue weighted by Gasteiger charge is -2.14. The smallest absolute Gasteiger partial charge is 0.252 e. The van der Waals surface area contributed by atoms with Crippen molar-refractivity contribution in [2.24, 2.45) is 0 Å². The summed E-state index contributed by atoms with van der Waals surface area (Å²) in [7, 11) is 0. The van der Waals surface area contributed by atoms with Gasteiger partial charge in [0.15, 0.2) is 0 Å². The van der Waals surface area contributed by atoms with Crippen LogP contribution in [0.1, 0.15) is 23.2 Å². The highest BCUT2D eigenvalue weighted by atomic mass is 79.9. The average molecular weight is 349 g/mol. The molecule has 1 aromatic rings. The number of carbonyl (C=O) groups is 1. The summed E-state index contributed by atoms with van der Waals surface area (Å²) < 4.78 is 1.66. The molecule has 1 aromatic carbocycles. The van der Waals surface area contributed by atoms with E-state index in [2.05, 4.69) is 37.2 Å². The Balaban J connectivity index is 2.15. The monoisotopic (exact) mass is 347 g/mol. The van der Waals surface area contributed by atoms with Gasteiger partial charge in [-0.2, -0.15) is 0 Å². The van der Waals surface area contributed by atoms with Crippen LogP contribution in [0, 0.1) is 0 Å². The molecule has 16 heavy (non-hydrogen) atoms. The second-order valence-corrected chi connectivity index (χ2v) is 5.79. The van der Waals surface area contributed by atoms with Crippen LogP contribution in [-0.4, -0.2) is 23.2 Å². The lowest BCUT2D eigenvalue weighted by molar-refractivity contribution is 0.0906. The molecule has 1 amide bonds. The first kappa shape index (κ1) is 12.1. The second-order valence-electron chi connectivity index (χ2n) is 4.02. The van der Waals surface area contributed by atoms with E-state index in [1.54, 1.807) is 6.07 Å². The first-order valence-electron chi connectivity index (χ1n) is 4.95. The standard InChI is InChI=1S/C11H11Br2NO2/c12-7-1-2-8(9(13)5-7)10(16)14-11(6-15)3-4-11/h1-2,5,15H,3-4,6H2,(H,14,16). The molecule has 0 aromatic heterocycles. The van der Waals surface area contributed by atoms with Crippen molar-refractivity contribution in [2.45, 2.75) is 18.4 Å². The summed E-state index contributed by atoms with van der Waals surface area (Å²) in [5, 5.41) is 12.0. The third-order valence-electron chi connectivity index (χ3n) is 2.71. The summed E-state index contributed by atoms with van der Waals surface area (Å²) in [6.07, 6.45) is 1.70. The summed E-state index contributed by atoms with van der Waals surface area (Å²) >= 11 is 6.68. The van der Waals surface area contributed by atoms with Crippen molar-refractivity contribution in [3.8, 4) is 0 Å². The average Bonchev–Trinajstić information content (AvgIpc) is 2.98. The molecule has 1 fully saturated rings. The normalized spacial score (nSPS) is 16.9. The van der Waals surface area contributed by atoms with E-state index in [0.717, 1.165) is 21.8 Å². The topological polar surface area (TPSA) is 49.3 Å². The zero-order valence-corrected chi connectivity index (χ0v) is 11.6. The third kappa shape index (κ3) is 2.47. The molecular formula is C11H11Br2NO2. The van der Waals surface area contributed by atoms with Gasteiger partial charge in [-0.05, 0) is 47.0 Å². The summed E-state index contributed by atoms with van der Waals surface area (Å²) in [5.41, 5.74) is 0.215. The van der Waals surface area contributed by atoms with Crippen LogP contribution in [0.3, 0.4) is 0 Å². The molecule has 3 nitrogen and oxygen atoms in total. The molecule has 1 saturated carbocycles. The van der Waals surface area contributed by atoms with Crippen molar-refractivity contribution < 1.29 is 9.90 Å². The quantitative estimate of drug-likeness (QED) is 0.881. The Labute approximate surface area is 110 Å². The Morgan fingerprint density at radius 3 is 2.62 bits per heavy atom. The largest absolute Gasteiger partial charge is 0.394 e. The zero-order chi connectivity index (χ0) is 11.8. The zero-order valence-electron chi connectivity index (χ0n) is 8.46. The fraction of sp³-hybridized carbons (Fsp3) is 0.364. The minimum absolute atomic E-state index is 0.00683. The summed E-state index contributed by atoms with van der Waals surface area (Å²) in [5.74, 6) is -0.147. The highest BCUT2D eigenvalue weighted by Gasteiger charge is 2.43. The number of carbonyl (C=O) groups excluding carboxylic acids is 1. The molecule has 0 spiro atoms. The molecule has 0 bridgehead atoms. The van der Waals surface area contributed by atoms with Crippen LogP contribution in [0.2, 0.25) is 0 Å². The van der Waals surface area contributed by atoms with Gasteiger partial charge in [0.1, 0.15) is 0 Å². The van der Waals surface area contributed by atoms with Crippen LogP contribution < -0.4 is 5.32 Å². The van der Waals surface area contributed by atoms with Crippen LogP contribution in [0.25, 0.3) is 0 Å². The highest BCUT2D eigenvalue weighted by molar-refractivity contribution is 9.11. The van der Waals surface area contributed by atoms with Gasteiger partial charge in [-0.3, -0.25) is 4.79 Å². The van der Waals surface area contributed by atoms with Crippen LogP contribution in [0.5, 0.6) is 0 Å². The van der Waals surface area contributed by atoms with E-state index in [1.807, 2.05) is 12.1 Å². The molecule has 0 radical (unpaired) electrons. The fourth-order valence-electron chi connectivity index (χ4n) is 1.46. The maximum atomic E-state index is 11.9. The van der Waals surface area contributed by atoms with E-state index in [0.29, 0.717) is 5.56 Å². The number of halogens is 2. The van der Waals surface area contributed by atoms with E-state index in [-0.39, 0.29) is 18.1 Å². The summed E-state index contributed by atoms with van der Waals surface area (Å²) in [6.45, 7) is 0.00683. The fourth-order valence-corrected chi connectivity index (χ4v) is 2.68. The van der Waals surface area contributed by atoms with Gasteiger partial charge in [0, 0.05) is 8.95 Å². The predicted octanol–water partition coefficient (Wildman–Crippen LogP) is 2.47. The molecule has 1 aliphatic carbocycles. The van der Waals surface area contributed by atoms with Gasteiger partial charge in [0.05, 0.1) is 17.7 Å². The molecule has 0 heterocycles. The summed E-state index contributed by atoms with van der Waals surface area (Å²) in [4.78, 5) is 11.9. The SMILES string of the molecule is O=C(NC1(CO)CC1)c1ccc(Br)cc1Br. The Bertz CT molecular complexity index is 430. The van der Waals surface area contributed by atoms with Crippen molar-refractivity contribution in [1.82, 2.24) is 5.32 Å². The van der Waals surface area contributed by atoms with Gasteiger partial charge >= 0.3 is 0 Å². The molecule has 0 aliphatic heterocycles. The molecule has 86 valence electrons. The number of amides is 1. The van der Waals surface area contributed by atoms with Crippen molar-refractivity contribution in [3.05, 3.63) is 32.7 Å². The molecule has 1 aliphatic rings. The van der Waals surface area contributed by atoms with Crippen LogP contribution in [0.15, 0.2) is 27.1 Å². The Kier molecular flexibility index (Phi) is 3.37. The Morgan fingerprint density at radius 2 is 2.12 bits per heavy atom. The number of hydrogen-bond acceptors (Lipinski definition) is 2. The number of nitrogens with one attached hydrogen (secondary N) is 1. The molecule has 0 atom stereocenters. The first-order chi connectivity index (χ1) is 7.56. The number of hydrogen-bond donors (Lipinski definition) is 2. The predicted molar refractivity (Wildman–Crippen MR) is 68.4 cm³/mol. The molecule has 0 saturated heterocycles. The third-order valence-corrected chi connectivity index (χ3v) is 3.86. The van der Waals surface area contributed by atoms with E-state index < -0.39 is 0 Å². The van der Waals surface area contributed by atoms with Crippen molar-refractivity contribution in [2.75, 3.05) is 6.61 Å². The molecule has 5 heteroatoms. The molecular weight excluding hydrogens is 338 g/mol. The minimum atomic E-state index is -0.371. The van der Waals surface area contributed by atoms with Gasteiger partial charge in [-0.1, -0.05) is 15.9 Å². The van der Waals surface area contributed by atoms with Crippen LogP contribution >= 0.6 is 31.9 Å². The Hall–Kier alpha value is -0.390. The van der Waals surface area contributed by atoms with Crippen molar-refractivity contribution in [1.29, 1.82) is 0 Å². The lowest BCUT2D eigenvalue weighted by atomic mass is 10.2. The highest BCUT2D eigenvalue weighted by Crippen LogP contribution is 2.35. The van der Waals surface area contributed by atoms with E-state index in [1.165, 1.54) is 0 Å². The van der Waals surface area contributed by atoms with Gasteiger partial charge in [-0.15, -0.1) is 0 Å². The van der Waals surface area contributed by atoms with E-state index >= 15 is 0 Å². The van der Waals surface area contributed by atoms with Crippen LogP contribution in [0.4, 0.5) is 0 Å². The molecule has 2 N–H and O–H groups in total. The Morgan fingerprint density at radius 1 is 1.44 bits per heavy atom. The molecule has 2 rings (SSSR count). The minimum Gasteiger partial charge on any atom is -0.394 e. The summed E-state index contributed by atoms with van der Waals surface area (Å²) in [6, 6.07) is 5.39.